The van der Waals surface area contributed by atoms with Gasteiger partial charge in [0.05, 0.1) is 20.8 Å². The van der Waals surface area contributed by atoms with E-state index in [0.717, 1.165) is 0 Å². The van der Waals surface area contributed by atoms with E-state index in [1.54, 1.807) is 24.3 Å². The minimum absolute atomic E-state index is 0.101. The predicted molar refractivity (Wildman–Crippen MR) is 70.7 cm³/mol. The molecule has 1 atom stereocenters. The summed E-state index contributed by atoms with van der Waals surface area (Å²) in [5.41, 5.74) is -0.614. The van der Waals surface area contributed by atoms with Gasteiger partial charge in [0.25, 0.3) is 0 Å². The highest BCUT2D eigenvalue weighted by Crippen LogP contribution is 2.49. The fourth-order valence-electron chi connectivity index (χ4n) is 2.49. The van der Waals surface area contributed by atoms with E-state index < -0.39 is 23.5 Å². The lowest BCUT2D eigenvalue weighted by atomic mass is 9.75. The molecule has 0 amide bonds. The molecule has 20 heavy (non-hydrogen) atoms. The second-order valence-electron chi connectivity index (χ2n) is 4.50. The van der Waals surface area contributed by atoms with Crippen LogP contribution in [-0.4, -0.2) is 32.8 Å². The maximum Gasteiger partial charge on any atom is 0.330 e. The monoisotopic (exact) mass is 276 g/mol. The summed E-state index contributed by atoms with van der Waals surface area (Å²) in [6, 6.07) is 9.01. The van der Waals surface area contributed by atoms with Gasteiger partial charge in [-0.15, -0.1) is 0 Å². The lowest BCUT2D eigenvalue weighted by Crippen LogP contribution is -2.44. The molecule has 5 nitrogen and oxygen atoms in total. The van der Waals surface area contributed by atoms with Gasteiger partial charge in [0, 0.05) is 0 Å². The van der Waals surface area contributed by atoms with E-state index in [1.165, 1.54) is 14.2 Å². The van der Waals surface area contributed by atoms with Crippen LogP contribution in [0.3, 0.4) is 0 Å². The van der Waals surface area contributed by atoms with Crippen LogP contribution < -0.4 is 0 Å². The Hall–Kier alpha value is -2.14. The number of benzene rings is 1. The molecule has 1 aliphatic rings. The first-order valence-electron chi connectivity index (χ1n) is 6.10. The molecule has 106 valence electrons. The van der Waals surface area contributed by atoms with Gasteiger partial charge in [-0.2, -0.15) is 0 Å². The average Bonchev–Trinajstić information content (AvgIpc) is 2.84. The number of carbonyl (C=O) groups excluding carboxylic acids is 2. The van der Waals surface area contributed by atoms with Crippen molar-refractivity contribution in [2.24, 2.45) is 5.41 Å². The molecule has 0 aromatic heterocycles. The Labute approximate surface area is 117 Å². The van der Waals surface area contributed by atoms with Crippen molar-refractivity contribution in [3.63, 3.8) is 0 Å². The molecule has 1 aliphatic heterocycles. The van der Waals surface area contributed by atoms with E-state index in [9.17, 15) is 9.59 Å². The molecule has 0 N–H and O–H groups in total. The quantitative estimate of drug-likeness (QED) is 0.477. The number of carbonyl (C=O) groups is 2. The highest BCUT2D eigenvalue weighted by atomic mass is 16.6. The average molecular weight is 276 g/mol. The first-order chi connectivity index (χ1) is 9.58. The van der Waals surface area contributed by atoms with Crippen molar-refractivity contribution < 1.29 is 23.8 Å². The topological polar surface area (TPSA) is 61.8 Å². The van der Waals surface area contributed by atoms with Crippen LogP contribution in [0.5, 0.6) is 0 Å². The van der Waals surface area contributed by atoms with Crippen LogP contribution in [-0.2, 0) is 23.8 Å². The molecule has 0 radical (unpaired) electrons. The first-order valence-corrected chi connectivity index (χ1v) is 6.10. The zero-order chi connectivity index (χ0) is 14.8. The third-order valence-corrected chi connectivity index (χ3v) is 3.49. The second-order valence-corrected chi connectivity index (χ2v) is 4.50. The van der Waals surface area contributed by atoms with Crippen LogP contribution in [0, 0.1) is 5.41 Å². The molecule has 1 aromatic rings. The fraction of sp³-hybridized carbons (Fsp3) is 0.333. The summed E-state index contributed by atoms with van der Waals surface area (Å²) in [5.74, 6) is -1.44. The Balaban J connectivity index is 2.58. The van der Waals surface area contributed by atoms with E-state index in [4.69, 9.17) is 14.2 Å². The van der Waals surface area contributed by atoms with E-state index in [1.807, 2.05) is 6.07 Å². The Morgan fingerprint density at radius 2 is 1.75 bits per heavy atom. The van der Waals surface area contributed by atoms with Crippen molar-refractivity contribution in [2.75, 3.05) is 20.8 Å². The molecule has 1 aromatic carbocycles. The van der Waals surface area contributed by atoms with Crippen molar-refractivity contribution in [3.8, 4) is 0 Å². The number of ether oxygens (including phenoxy) is 3. The van der Waals surface area contributed by atoms with Crippen LogP contribution >= 0.6 is 0 Å². The standard InChI is InChI=1S/C15H16O5/c1-10-9-20-12(11-7-5-4-6-8-11)15(10,13(16)18-2)14(17)19-3/h4-8,12H,1,9H2,2-3H3. The SMILES string of the molecule is C=C1COC(c2ccccc2)C1(C(=O)OC)C(=O)OC. The van der Waals surface area contributed by atoms with Gasteiger partial charge in [-0.1, -0.05) is 36.9 Å². The lowest BCUT2D eigenvalue weighted by Gasteiger charge is -2.29. The first kappa shape index (κ1) is 14.3. The van der Waals surface area contributed by atoms with Crippen LogP contribution in [0.25, 0.3) is 0 Å². The number of esters is 2. The van der Waals surface area contributed by atoms with Gasteiger partial charge in [-0.05, 0) is 11.1 Å². The molecule has 0 aliphatic carbocycles. The molecule has 1 unspecified atom stereocenters. The summed E-state index contributed by atoms with van der Waals surface area (Å²) >= 11 is 0. The zero-order valence-corrected chi connectivity index (χ0v) is 11.4. The van der Waals surface area contributed by atoms with Crippen LogP contribution in [0.15, 0.2) is 42.5 Å². The molecule has 1 fully saturated rings. The molecule has 2 rings (SSSR count). The van der Waals surface area contributed by atoms with E-state index >= 15 is 0 Å². The van der Waals surface area contributed by atoms with Gasteiger partial charge in [-0.25, -0.2) is 0 Å². The van der Waals surface area contributed by atoms with Gasteiger partial charge < -0.3 is 14.2 Å². The minimum Gasteiger partial charge on any atom is -0.468 e. The molecule has 0 saturated carbocycles. The maximum atomic E-state index is 12.3. The Morgan fingerprint density at radius 1 is 1.20 bits per heavy atom. The van der Waals surface area contributed by atoms with Crippen molar-refractivity contribution in [3.05, 3.63) is 48.0 Å². The molecule has 1 heterocycles. The predicted octanol–water partition coefficient (Wildman–Crippen LogP) is 1.65. The Bertz CT molecular complexity index is 518. The van der Waals surface area contributed by atoms with E-state index in [0.29, 0.717) is 11.1 Å². The molecule has 0 bridgehead atoms. The maximum absolute atomic E-state index is 12.3. The van der Waals surface area contributed by atoms with Gasteiger partial charge >= 0.3 is 11.9 Å². The molecule has 5 heteroatoms. The smallest absolute Gasteiger partial charge is 0.330 e. The summed E-state index contributed by atoms with van der Waals surface area (Å²) < 4.78 is 15.2. The van der Waals surface area contributed by atoms with Crippen molar-refractivity contribution >= 4 is 11.9 Å². The summed E-state index contributed by atoms with van der Waals surface area (Å²) in [4.78, 5) is 24.5. The normalized spacial score (nSPS) is 20.5. The Kier molecular flexibility index (Phi) is 3.90. The van der Waals surface area contributed by atoms with E-state index in [-0.39, 0.29) is 6.61 Å². The van der Waals surface area contributed by atoms with Gasteiger partial charge in [0.2, 0.25) is 5.41 Å². The fourth-order valence-corrected chi connectivity index (χ4v) is 2.49. The summed E-state index contributed by atoms with van der Waals surface area (Å²) in [5, 5.41) is 0. The highest BCUT2D eigenvalue weighted by Gasteiger charge is 2.61. The van der Waals surface area contributed by atoms with Crippen molar-refractivity contribution in [1.29, 1.82) is 0 Å². The molecule has 1 saturated heterocycles. The Morgan fingerprint density at radius 3 is 2.25 bits per heavy atom. The van der Waals surface area contributed by atoms with E-state index in [2.05, 4.69) is 6.58 Å². The number of hydrogen-bond acceptors (Lipinski definition) is 5. The molecular formula is C15H16O5. The summed E-state index contributed by atoms with van der Waals surface area (Å²) in [6.07, 6.45) is -0.795. The van der Waals surface area contributed by atoms with Gasteiger partial charge in [-0.3, -0.25) is 9.59 Å². The van der Waals surface area contributed by atoms with Crippen molar-refractivity contribution in [1.82, 2.24) is 0 Å². The number of rotatable bonds is 3. The second kappa shape index (κ2) is 5.46. The number of hydrogen-bond donors (Lipinski definition) is 0. The lowest BCUT2D eigenvalue weighted by molar-refractivity contribution is -0.171. The third kappa shape index (κ3) is 1.91. The van der Waals surface area contributed by atoms with Crippen LogP contribution in [0.4, 0.5) is 0 Å². The summed E-state index contributed by atoms with van der Waals surface area (Å²) in [6.45, 7) is 3.90. The largest absolute Gasteiger partial charge is 0.468 e. The third-order valence-electron chi connectivity index (χ3n) is 3.49. The van der Waals surface area contributed by atoms with Gasteiger partial charge in [0.15, 0.2) is 0 Å². The molecular weight excluding hydrogens is 260 g/mol. The highest BCUT2D eigenvalue weighted by molar-refractivity contribution is 6.05. The number of methoxy groups -OCH3 is 2. The minimum atomic E-state index is -1.65. The van der Waals surface area contributed by atoms with Crippen LogP contribution in [0.2, 0.25) is 0 Å². The van der Waals surface area contributed by atoms with Crippen molar-refractivity contribution in [2.45, 2.75) is 6.10 Å². The zero-order valence-electron chi connectivity index (χ0n) is 11.4. The van der Waals surface area contributed by atoms with Gasteiger partial charge in [0.1, 0.15) is 6.10 Å². The molecule has 0 spiro atoms. The van der Waals surface area contributed by atoms with Crippen LogP contribution in [0.1, 0.15) is 11.7 Å². The summed E-state index contributed by atoms with van der Waals surface area (Å²) in [7, 11) is 2.45.